The molecule has 2 aromatic carbocycles. The van der Waals surface area contributed by atoms with Gasteiger partial charge in [0.25, 0.3) is 0 Å². The Morgan fingerprint density at radius 3 is 2.27 bits per heavy atom. The van der Waals surface area contributed by atoms with E-state index in [9.17, 15) is 4.91 Å². The standard InChI is InChI=1S/C15H12N2O5/c16-10-5-14-13(21-7-22-14)4-9(10)15(17-18)8-1-2-11-12(3-8)20-6-19-11/h1-5,15H,6-7,16H2. The lowest BCUT2D eigenvalue weighted by Gasteiger charge is -2.14. The molecule has 0 aromatic heterocycles. The van der Waals surface area contributed by atoms with Gasteiger partial charge in [0.2, 0.25) is 13.6 Å². The van der Waals surface area contributed by atoms with Crippen molar-refractivity contribution < 1.29 is 18.9 Å². The minimum Gasteiger partial charge on any atom is -0.454 e. The lowest BCUT2D eigenvalue weighted by molar-refractivity contribution is 0.173. The zero-order valence-corrected chi connectivity index (χ0v) is 11.4. The van der Waals surface area contributed by atoms with Crippen LogP contribution in [0.4, 0.5) is 5.69 Å². The smallest absolute Gasteiger partial charge is 0.231 e. The molecule has 0 saturated carbocycles. The number of ether oxygens (including phenoxy) is 4. The van der Waals surface area contributed by atoms with Crippen molar-refractivity contribution in [3.05, 3.63) is 46.4 Å². The van der Waals surface area contributed by atoms with Gasteiger partial charge in [-0.15, -0.1) is 4.91 Å². The van der Waals surface area contributed by atoms with E-state index >= 15 is 0 Å². The first-order valence-corrected chi connectivity index (χ1v) is 6.67. The highest BCUT2D eigenvalue weighted by Crippen LogP contribution is 2.42. The summed E-state index contributed by atoms with van der Waals surface area (Å²) < 4.78 is 21.2. The van der Waals surface area contributed by atoms with Crippen molar-refractivity contribution in [3.8, 4) is 23.0 Å². The van der Waals surface area contributed by atoms with Crippen molar-refractivity contribution in [2.75, 3.05) is 19.3 Å². The number of rotatable bonds is 3. The monoisotopic (exact) mass is 300 g/mol. The second kappa shape index (κ2) is 4.80. The fourth-order valence-electron chi connectivity index (χ4n) is 2.59. The summed E-state index contributed by atoms with van der Waals surface area (Å²) in [6.45, 7) is 0.311. The molecule has 2 heterocycles. The highest BCUT2D eigenvalue weighted by Gasteiger charge is 2.25. The number of hydrogen-bond acceptors (Lipinski definition) is 7. The number of nitrogens with zero attached hydrogens (tertiary/aromatic N) is 1. The maximum Gasteiger partial charge on any atom is 0.231 e. The van der Waals surface area contributed by atoms with E-state index in [1.165, 1.54) is 0 Å². The number of nitrogen functional groups attached to an aromatic ring is 1. The fourth-order valence-corrected chi connectivity index (χ4v) is 2.59. The van der Waals surface area contributed by atoms with Gasteiger partial charge in [0.15, 0.2) is 23.0 Å². The number of fused-ring (bicyclic) bond motifs is 2. The predicted octanol–water partition coefficient (Wildman–Crippen LogP) is 2.58. The van der Waals surface area contributed by atoms with Gasteiger partial charge < -0.3 is 24.7 Å². The Kier molecular flexibility index (Phi) is 2.78. The lowest BCUT2D eigenvalue weighted by Crippen LogP contribution is -2.02. The van der Waals surface area contributed by atoms with Crippen LogP contribution in [0.15, 0.2) is 35.5 Å². The Balaban J connectivity index is 1.78. The van der Waals surface area contributed by atoms with Crippen LogP contribution in [0.5, 0.6) is 23.0 Å². The molecule has 7 heteroatoms. The maximum atomic E-state index is 11.4. The van der Waals surface area contributed by atoms with Crippen LogP contribution in [0.1, 0.15) is 17.2 Å². The number of nitroso groups, excluding NO2 is 1. The van der Waals surface area contributed by atoms with Crippen molar-refractivity contribution in [1.29, 1.82) is 0 Å². The third kappa shape index (κ3) is 1.90. The van der Waals surface area contributed by atoms with Gasteiger partial charge in [-0.05, 0) is 23.8 Å². The molecular formula is C15H12N2O5. The summed E-state index contributed by atoms with van der Waals surface area (Å²) in [4.78, 5) is 11.4. The molecule has 0 amide bonds. The van der Waals surface area contributed by atoms with Crippen molar-refractivity contribution in [3.63, 3.8) is 0 Å². The van der Waals surface area contributed by atoms with Crippen LogP contribution in [0.3, 0.4) is 0 Å². The van der Waals surface area contributed by atoms with E-state index < -0.39 is 6.04 Å². The maximum absolute atomic E-state index is 11.4. The first-order valence-electron chi connectivity index (χ1n) is 6.67. The van der Waals surface area contributed by atoms with Crippen molar-refractivity contribution in [2.45, 2.75) is 6.04 Å². The van der Waals surface area contributed by atoms with E-state index in [0.29, 0.717) is 39.8 Å². The summed E-state index contributed by atoms with van der Waals surface area (Å²) in [6.07, 6.45) is 0. The largest absolute Gasteiger partial charge is 0.454 e. The molecule has 2 N–H and O–H groups in total. The zero-order chi connectivity index (χ0) is 15.1. The molecule has 0 radical (unpaired) electrons. The quantitative estimate of drug-likeness (QED) is 0.692. The Morgan fingerprint density at radius 1 is 0.909 bits per heavy atom. The van der Waals surface area contributed by atoms with Crippen molar-refractivity contribution in [2.24, 2.45) is 5.18 Å². The van der Waals surface area contributed by atoms with Crippen LogP contribution < -0.4 is 24.7 Å². The van der Waals surface area contributed by atoms with Gasteiger partial charge >= 0.3 is 0 Å². The number of hydrogen-bond donors (Lipinski definition) is 1. The van der Waals surface area contributed by atoms with Crippen molar-refractivity contribution >= 4 is 5.69 Å². The molecule has 2 aliphatic heterocycles. The van der Waals surface area contributed by atoms with Gasteiger partial charge in [0.05, 0.1) is 0 Å². The highest BCUT2D eigenvalue weighted by atomic mass is 16.7. The molecule has 0 saturated heterocycles. The average Bonchev–Trinajstić information content (AvgIpc) is 3.16. The normalized spacial score (nSPS) is 15.6. The van der Waals surface area contributed by atoms with Gasteiger partial charge in [0, 0.05) is 17.3 Å². The van der Waals surface area contributed by atoms with Gasteiger partial charge in [-0.3, -0.25) is 0 Å². The van der Waals surface area contributed by atoms with Crippen LogP contribution in [0, 0.1) is 4.91 Å². The van der Waals surface area contributed by atoms with E-state index in [0.717, 1.165) is 0 Å². The number of benzene rings is 2. The Labute approximate surface area is 125 Å². The summed E-state index contributed by atoms with van der Waals surface area (Å²) in [6, 6.07) is 7.82. The Hall–Kier alpha value is -2.96. The van der Waals surface area contributed by atoms with Crippen LogP contribution in [-0.2, 0) is 0 Å². The van der Waals surface area contributed by atoms with E-state index in [-0.39, 0.29) is 13.6 Å². The summed E-state index contributed by atoms with van der Waals surface area (Å²) in [7, 11) is 0. The Morgan fingerprint density at radius 2 is 1.55 bits per heavy atom. The highest BCUT2D eigenvalue weighted by molar-refractivity contribution is 5.62. The Bertz CT molecular complexity index is 762. The molecule has 0 spiro atoms. The van der Waals surface area contributed by atoms with Crippen LogP contribution in [0.25, 0.3) is 0 Å². The third-order valence-corrected chi connectivity index (χ3v) is 3.69. The lowest BCUT2D eigenvalue weighted by atomic mass is 9.97. The molecule has 1 atom stereocenters. The van der Waals surface area contributed by atoms with Crippen LogP contribution in [0.2, 0.25) is 0 Å². The average molecular weight is 300 g/mol. The van der Waals surface area contributed by atoms with Gasteiger partial charge in [-0.2, -0.15) is 0 Å². The topological polar surface area (TPSA) is 92.4 Å². The molecule has 0 aliphatic carbocycles. The number of anilines is 1. The molecule has 112 valence electrons. The summed E-state index contributed by atoms with van der Waals surface area (Å²) >= 11 is 0. The molecule has 4 rings (SSSR count). The molecule has 2 aliphatic rings. The van der Waals surface area contributed by atoms with Crippen molar-refractivity contribution in [1.82, 2.24) is 0 Å². The molecule has 7 nitrogen and oxygen atoms in total. The molecular weight excluding hydrogens is 288 g/mol. The summed E-state index contributed by atoms with van der Waals surface area (Å²) in [5.74, 6) is 2.35. The second-order valence-electron chi connectivity index (χ2n) is 4.96. The van der Waals surface area contributed by atoms with Gasteiger partial charge in [0.1, 0.15) is 6.04 Å². The molecule has 22 heavy (non-hydrogen) atoms. The summed E-state index contributed by atoms with van der Waals surface area (Å²) in [5, 5.41) is 3.22. The fraction of sp³-hybridized carbons (Fsp3) is 0.200. The SMILES string of the molecule is Nc1cc2c(cc1C(N=O)c1ccc3c(c1)OCO3)OCO2. The van der Waals surface area contributed by atoms with Gasteiger partial charge in [-0.1, -0.05) is 11.2 Å². The molecule has 1 unspecified atom stereocenters. The zero-order valence-electron chi connectivity index (χ0n) is 11.4. The van der Waals surface area contributed by atoms with E-state index in [1.54, 1.807) is 30.3 Å². The van der Waals surface area contributed by atoms with E-state index in [4.69, 9.17) is 24.7 Å². The van der Waals surface area contributed by atoms with Gasteiger partial charge in [-0.25, -0.2) is 0 Å². The minimum absolute atomic E-state index is 0.140. The number of nitrogens with two attached hydrogens (primary N) is 1. The first-order chi connectivity index (χ1) is 10.8. The summed E-state index contributed by atoms with van der Waals surface area (Å²) in [5.41, 5.74) is 7.69. The molecule has 0 bridgehead atoms. The van der Waals surface area contributed by atoms with E-state index in [1.807, 2.05) is 0 Å². The van der Waals surface area contributed by atoms with E-state index in [2.05, 4.69) is 5.18 Å². The second-order valence-corrected chi connectivity index (χ2v) is 4.96. The third-order valence-electron chi connectivity index (χ3n) is 3.69. The van der Waals surface area contributed by atoms with Crippen LogP contribution >= 0.6 is 0 Å². The molecule has 2 aromatic rings. The van der Waals surface area contributed by atoms with Crippen LogP contribution in [-0.4, -0.2) is 13.6 Å². The first kappa shape index (κ1) is 12.8. The minimum atomic E-state index is -0.760. The predicted molar refractivity (Wildman–Crippen MR) is 77.2 cm³/mol. The molecule has 0 fully saturated rings.